The average molecular weight is 433 g/mol. The van der Waals surface area contributed by atoms with E-state index in [9.17, 15) is 9.59 Å². The van der Waals surface area contributed by atoms with Crippen molar-refractivity contribution in [2.75, 3.05) is 32.7 Å². The highest BCUT2D eigenvalue weighted by molar-refractivity contribution is 6.07. The van der Waals surface area contributed by atoms with Gasteiger partial charge >= 0.3 is 6.03 Å². The predicted octanol–water partition coefficient (Wildman–Crippen LogP) is 3.85. The molecular weight excluding hydrogens is 400 g/mol. The molecule has 0 saturated carbocycles. The van der Waals surface area contributed by atoms with Crippen LogP contribution in [0.25, 0.3) is 6.08 Å². The van der Waals surface area contributed by atoms with E-state index < -0.39 is 5.54 Å². The second kappa shape index (κ2) is 10.1. The number of nitrogens with zero attached hydrogens (tertiary/aromatic N) is 4. The molecule has 1 spiro atoms. The number of carbonyl (C=O) groups excluding carboxylic acids is 2. The molecule has 0 N–H and O–H groups in total. The summed E-state index contributed by atoms with van der Waals surface area (Å²) >= 11 is 0. The number of amides is 3. The molecule has 2 saturated heterocycles. The molecule has 6 heteroatoms. The molecule has 0 unspecified atom stereocenters. The van der Waals surface area contributed by atoms with Crippen LogP contribution in [-0.4, -0.2) is 69.9 Å². The smallest absolute Gasteiger partial charge is 0.310 e. The SMILES string of the molecule is CCN1C(=O)N(CCCc2cccnc2)C(=O)C12CCN(CC=Cc1ccccc1)CC2. The number of imide groups is 1. The lowest BCUT2D eigenvalue weighted by molar-refractivity contribution is -0.135. The fourth-order valence-corrected chi connectivity index (χ4v) is 4.90. The van der Waals surface area contributed by atoms with E-state index >= 15 is 0 Å². The molecule has 1 aromatic carbocycles. The lowest BCUT2D eigenvalue weighted by Crippen LogP contribution is -2.56. The van der Waals surface area contributed by atoms with Crippen LogP contribution >= 0.6 is 0 Å². The molecule has 2 aliphatic rings. The molecule has 3 amide bonds. The van der Waals surface area contributed by atoms with E-state index in [1.807, 2.05) is 48.4 Å². The standard InChI is InChI=1S/C26H32N4O2/c1-2-30-25(32)29(18-8-13-23-11-6-16-27-21-23)24(31)26(30)14-19-28(20-15-26)17-7-12-22-9-4-3-5-10-22/h3-7,9-12,16,21H,2,8,13-15,17-20H2,1H3. The first-order valence-electron chi connectivity index (χ1n) is 11.6. The summed E-state index contributed by atoms with van der Waals surface area (Å²) in [7, 11) is 0. The van der Waals surface area contributed by atoms with Crippen molar-refractivity contribution in [2.45, 2.75) is 38.1 Å². The van der Waals surface area contributed by atoms with Crippen molar-refractivity contribution in [1.82, 2.24) is 19.7 Å². The molecule has 0 atom stereocenters. The minimum Gasteiger partial charge on any atom is -0.310 e. The van der Waals surface area contributed by atoms with Gasteiger partial charge in [0, 0.05) is 45.1 Å². The zero-order valence-electron chi connectivity index (χ0n) is 18.8. The Morgan fingerprint density at radius 1 is 1.06 bits per heavy atom. The van der Waals surface area contributed by atoms with Gasteiger partial charge in [0.1, 0.15) is 5.54 Å². The summed E-state index contributed by atoms with van der Waals surface area (Å²) in [6.07, 6.45) is 10.9. The Balaban J connectivity index is 1.34. The molecule has 4 rings (SSSR count). The monoisotopic (exact) mass is 432 g/mol. The van der Waals surface area contributed by atoms with E-state index in [0.29, 0.717) is 25.9 Å². The van der Waals surface area contributed by atoms with Crippen molar-refractivity contribution < 1.29 is 9.59 Å². The van der Waals surface area contributed by atoms with E-state index in [-0.39, 0.29) is 11.9 Å². The van der Waals surface area contributed by atoms with E-state index in [0.717, 1.165) is 38.0 Å². The van der Waals surface area contributed by atoms with Crippen LogP contribution in [0.4, 0.5) is 4.79 Å². The van der Waals surface area contributed by atoms with Gasteiger partial charge in [0.15, 0.2) is 0 Å². The van der Waals surface area contributed by atoms with Crippen molar-refractivity contribution in [3.05, 3.63) is 72.1 Å². The highest BCUT2D eigenvalue weighted by atomic mass is 16.2. The van der Waals surface area contributed by atoms with Crippen LogP contribution in [0.15, 0.2) is 60.9 Å². The number of hydrogen-bond acceptors (Lipinski definition) is 4. The molecule has 2 aliphatic heterocycles. The summed E-state index contributed by atoms with van der Waals surface area (Å²) in [5.74, 6) is -0.00462. The van der Waals surface area contributed by atoms with Gasteiger partial charge in [-0.25, -0.2) is 4.79 Å². The molecule has 0 aliphatic carbocycles. The highest BCUT2D eigenvalue weighted by Crippen LogP contribution is 2.37. The number of pyridine rings is 1. The van der Waals surface area contributed by atoms with Gasteiger partial charge in [0.05, 0.1) is 0 Å². The first-order chi connectivity index (χ1) is 15.6. The van der Waals surface area contributed by atoms with Crippen molar-refractivity contribution in [2.24, 2.45) is 0 Å². The molecule has 0 radical (unpaired) electrons. The molecule has 32 heavy (non-hydrogen) atoms. The summed E-state index contributed by atoms with van der Waals surface area (Å²) in [6.45, 7) is 5.50. The molecule has 1 aromatic heterocycles. The molecule has 2 aromatic rings. The summed E-state index contributed by atoms with van der Waals surface area (Å²) in [4.78, 5) is 36.3. The number of benzene rings is 1. The average Bonchev–Trinajstić information content (AvgIpc) is 3.02. The van der Waals surface area contributed by atoms with Gasteiger partial charge in [-0.3, -0.25) is 19.6 Å². The van der Waals surface area contributed by atoms with Gasteiger partial charge in [0.2, 0.25) is 0 Å². The Bertz CT molecular complexity index is 937. The minimum atomic E-state index is -0.667. The van der Waals surface area contributed by atoms with Gasteiger partial charge < -0.3 is 4.90 Å². The maximum absolute atomic E-state index is 13.4. The quantitative estimate of drug-likeness (QED) is 0.595. The second-order valence-corrected chi connectivity index (χ2v) is 8.59. The van der Waals surface area contributed by atoms with Gasteiger partial charge in [-0.15, -0.1) is 0 Å². The van der Waals surface area contributed by atoms with E-state index in [2.05, 4.69) is 34.2 Å². The predicted molar refractivity (Wildman–Crippen MR) is 126 cm³/mol. The number of rotatable bonds is 8. The third kappa shape index (κ3) is 4.60. The summed E-state index contributed by atoms with van der Waals surface area (Å²) < 4.78 is 0. The summed E-state index contributed by atoms with van der Waals surface area (Å²) in [6, 6.07) is 14.1. The maximum Gasteiger partial charge on any atom is 0.327 e. The van der Waals surface area contributed by atoms with Crippen LogP contribution in [0, 0.1) is 0 Å². The largest absolute Gasteiger partial charge is 0.327 e. The third-order valence-corrected chi connectivity index (χ3v) is 6.66. The van der Waals surface area contributed by atoms with E-state index in [1.165, 1.54) is 10.5 Å². The Morgan fingerprint density at radius 2 is 1.84 bits per heavy atom. The first kappa shape index (κ1) is 22.2. The van der Waals surface area contributed by atoms with E-state index in [4.69, 9.17) is 0 Å². The third-order valence-electron chi connectivity index (χ3n) is 6.66. The highest BCUT2D eigenvalue weighted by Gasteiger charge is 2.56. The van der Waals surface area contributed by atoms with Crippen LogP contribution in [0.2, 0.25) is 0 Å². The fourth-order valence-electron chi connectivity index (χ4n) is 4.90. The van der Waals surface area contributed by atoms with Crippen LogP contribution < -0.4 is 0 Å². The number of aryl methyl sites for hydroxylation is 1. The first-order valence-corrected chi connectivity index (χ1v) is 11.6. The molecule has 0 bridgehead atoms. The maximum atomic E-state index is 13.4. The van der Waals surface area contributed by atoms with Gasteiger partial charge in [-0.1, -0.05) is 48.6 Å². The van der Waals surface area contributed by atoms with Crippen LogP contribution in [-0.2, 0) is 11.2 Å². The van der Waals surface area contributed by atoms with Crippen LogP contribution in [0.1, 0.15) is 37.3 Å². The lowest BCUT2D eigenvalue weighted by atomic mass is 9.85. The number of aromatic nitrogens is 1. The second-order valence-electron chi connectivity index (χ2n) is 8.59. The normalized spacial score (nSPS) is 18.9. The number of hydrogen-bond donors (Lipinski definition) is 0. The number of carbonyl (C=O) groups is 2. The Labute approximate surface area is 190 Å². The van der Waals surface area contributed by atoms with Crippen LogP contribution in [0.3, 0.4) is 0 Å². The molecule has 3 heterocycles. The molecule has 6 nitrogen and oxygen atoms in total. The number of likely N-dealkylation sites (tertiary alicyclic amines) is 1. The van der Waals surface area contributed by atoms with Crippen molar-refractivity contribution >= 4 is 18.0 Å². The van der Waals surface area contributed by atoms with Crippen molar-refractivity contribution in [3.8, 4) is 0 Å². The number of piperidine rings is 1. The Morgan fingerprint density at radius 3 is 2.53 bits per heavy atom. The van der Waals surface area contributed by atoms with Crippen molar-refractivity contribution in [1.29, 1.82) is 0 Å². The van der Waals surface area contributed by atoms with Gasteiger partial charge in [-0.05, 0) is 49.8 Å². The zero-order valence-corrected chi connectivity index (χ0v) is 18.8. The fraction of sp³-hybridized carbons (Fsp3) is 0.423. The Hall–Kier alpha value is -2.99. The number of likely N-dealkylation sites (N-methyl/N-ethyl adjacent to an activating group) is 1. The summed E-state index contributed by atoms with van der Waals surface area (Å²) in [5.41, 5.74) is 1.65. The molecular formula is C26H32N4O2. The molecule has 168 valence electrons. The molecule has 2 fully saturated rings. The topological polar surface area (TPSA) is 56.8 Å². The van der Waals surface area contributed by atoms with Gasteiger partial charge in [0.25, 0.3) is 5.91 Å². The van der Waals surface area contributed by atoms with Crippen LogP contribution in [0.5, 0.6) is 0 Å². The van der Waals surface area contributed by atoms with Gasteiger partial charge in [-0.2, -0.15) is 0 Å². The van der Waals surface area contributed by atoms with E-state index in [1.54, 1.807) is 6.20 Å². The Kier molecular flexibility index (Phi) is 7.00. The van der Waals surface area contributed by atoms with Crippen molar-refractivity contribution in [3.63, 3.8) is 0 Å². The summed E-state index contributed by atoms with van der Waals surface area (Å²) in [5, 5.41) is 0. The lowest BCUT2D eigenvalue weighted by Gasteiger charge is -2.41. The number of urea groups is 1. The minimum absolute atomic E-state index is 0.00462. The zero-order chi connectivity index (χ0) is 22.4.